The lowest BCUT2D eigenvalue weighted by atomic mass is 9.85. The fraction of sp³-hybridized carbons (Fsp3) is 0.333. The molecule has 3 aromatic rings. The molecule has 1 spiro atoms. The van der Waals surface area contributed by atoms with E-state index in [1.807, 2.05) is 35.2 Å². The Hall–Kier alpha value is -4.11. The molecular weight excluding hydrogens is 498 g/mol. The van der Waals surface area contributed by atoms with Crippen molar-refractivity contribution in [3.63, 3.8) is 0 Å². The zero-order valence-electron chi connectivity index (χ0n) is 21.7. The van der Waals surface area contributed by atoms with Crippen LogP contribution < -0.4 is 4.90 Å². The van der Waals surface area contributed by atoms with Crippen molar-refractivity contribution in [1.29, 1.82) is 0 Å². The summed E-state index contributed by atoms with van der Waals surface area (Å²) >= 11 is 0. The van der Waals surface area contributed by atoms with Crippen molar-refractivity contribution in [1.82, 2.24) is 9.80 Å². The standard InChI is InChI=1S/C30H31FN4O4/c31-25-12-10-24(11-13-25)28(36)7-4-18-32-19-16-30(17-20-32)29(37)33(22-34(30)26-5-2-1-3-6-26)21-23-8-14-27(15-9-23)35(38)39/h1-3,5-6,8-15H,4,7,16-22H2/i31-1. The first kappa shape index (κ1) is 26.5. The molecule has 0 aromatic heterocycles. The van der Waals surface area contributed by atoms with Gasteiger partial charge < -0.3 is 14.7 Å². The Labute approximate surface area is 226 Å². The highest BCUT2D eigenvalue weighted by Gasteiger charge is 2.53. The summed E-state index contributed by atoms with van der Waals surface area (Å²) in [5.74, 6) is -0.270. The lowest BCUT2D eigenvalue weighted by Crippen LogP contribution is -2.56. The van der Waals surface area contributed by atoms with Gasteiger partial charge in [0.25, 0.3) is 5.69 Å². The van der Waals surface area contributed by atoms with Gasteiger partial charge in [-0.25, -0.2) is 4.39 Å². The van der Waals surface area contributed by atoms with E-state index in [0.717, 1.165) is 30.9 Å². The highest BCUT2D eigenvalue weighted by molar-refractivity contribution is 5.96. The predicted molar refractivity (Wildman–Crippen MR) is 146 cm³/mol. The van der Waals surface area contributed by atoms with E-state index in [1.165, 1.54) is 36.4 Å². The quantitative estimate of drug-likeness (QED) is 0.219. The minimum atomic E-state index is -0.650. The number of likely N-dealkylation sites (tertiary alicyclic amines) is 1. The summed E-state index contributed by atoms with van der Waals surface area (Å²) in [6.45, 7) is 3.08. The van der Waals surface area contributed by atoms with Crippen LogP contribution in [0, 0.1) is 15.9 Å². The number of Topliss-reactive ketones (excluding diaryl/α,β-unsaturated/α-hetero) is 1. The number of carbonyl (C=O) groups is 2. The lowest BCUT2D eigenvalue weighted by molar-refractivity contribution is -0.384. The highest BCUT2D eigenvalue weighted by Crippen LogP contribution is 2.40. The van der Waals surface area contributed by atoms with Crippen LogP contribution in [0.2, 0.25) is 0 Å². The Morgan fingerprint density at radius 1 is 0.949 bits per heavy atom. The molecule has 2 heterocycles. The molecule has 0 aliphatic carbocycles. The second kappa shape index (κ2) is 11.3. The molecule has 3 aromatic carbocycles. The molecule has 0 saturated carbocycles. The molecule has 0 atom stereocenters. The van der Waals surface area contributed by atoms with Crippen LogP contribution >= 0.6 is 0 Å². The number of amides is 1. The third kappa shape index (κ3) is 5.68. The monoisotopic (exact) mass is 529 g/mol. The third-order valence-electron chi connectivity index (χ3n) is 7.83. The van der Waals surface area contributed by atoms with Crippen LogP contribution in [0.25, 0.3) is 0 Å². The van der Waals surface area contributed by atoms with E-state index in [-0.39, 0.29) is 23.2 Å². The molecular formula is C30H31FN4O4. The summed E-state index contributed by atoms with van der Waals surface area (Å²) in [4.78, 5) is 43.3. The van der Waals surface area contributed by atoms with Gasteiger partial charge in [0.1, 0.15) is 11.4 Å². The first-order valence-electron chi connectivity index (χ1n) is 13.2. The summed E-state index contributed by atoms with van der Waals surface area (Å²) in [5.41, 5.74) is 1.75. The number of nitro benzene ring substituents is 1. The molecule has 2 saturated heterocycles. The normalized spacial score (nSPS) is 17.1. The van der Waals surface area contributed by atoms with Crippen LogP contribution in [0.5, 0.6) is 0 Å². The Morgan fingerprint density at radius 3 is 2.26 bits per heavy atom. The smallest absolute Gasteiger partial charge is 0.269 e. The van der Waals surface area contributed by atoms with E-state index >= 15 is 0 Å². The van der Waals surface area contributed by atoms with Crippen LogP contribution in [-0.2, 0) is 11.3 Å². The molecule has 8 nitrogen and oxygen atoms in total. The van der Waals surface area contributed by atoms with E-state index < -0.39 is 10.5 Å². The number of anilines is 1. The second-order valence-electron chi connectivity index (χ2n) is 10.2. The van der Waals surface area contributed by atoms with Crippen molar-refractivity contribution in [2.75, 3.05) is 31.2 Å². The van der Waals surface area contributed by atoms with Gasteiger partial charge in [-0.2, -0.15) is 0 Å². The Kier molecular flexibility index (Phi) is 7.70. The van der Waals surface area contributed by atoms with Crippen LogP contribution in [0.4, 0.5) is 15.8 Å². The Bertz CT molecular complexity index is 1320. The SMILES string of the molecule is O=C(CCCN1CCC2(CC1)C(=O)N(Cc1ccc([N+](=O)[O-])cc1)CN2c1ccccc1)c1ccc([18F])cc1. The number of non-ortho nitro benzene ring substituents is 1. The number of hydrogen-bond donors (Lipinski definition) is 0. The number of ketones is 1. The van der Waals surface area contributed by atoms with Gasteiger partial charge in [-0.15, -0.1) is 0 Å². The summed E-state index contributed by atoms with van der Waals surface area (Å²) < 4.78 is 13.1. The number of rotatable bonds is 9. The van der Waals surface area contributed by atoms with Gasteiger partial charge in [0.05, 0.1) is 11.6 Å². The minimum absolute atomic E-state index is 0.00610. The average Bonchev–Trinajstić information content (AvgIpc) is 3.21. The number of hydrogen-bond acceptors (Lipinski definition) is 6. The molecule has 0 unspecified atom stereocenters. The zero-order chi connectivity index (χ0) is 27.4. The fourth-order valence-electron chi connectivity index (χ4n) is 5.66. The molecule has 39 heavy (non-hydrogen) atoms. The molecule has 2 aliphatic rings. The van der Waals surface area contributed by atoms with Crippen molar-refractivity contribution in [2.24, 2.45) is 0 Å². The zero-order valence-corrected chi connectivity index (χ0v) is 21.7. The van der Waals surface area contributed by atoms with Gasteiger partial charge in [-0.1, -0.05) is 30.3 Å². The van der Waals surface area contributed by atoms with Crippen molar-refractivity contribution >= 4 is 23.1 Å². The molecule has 2 fully saturated rings. The number of benzene rings is 3. The van der Waals surface area contributed by atoms with Gasteiger partial charge in [0.2, 0.25) is 5.91 Å². The van der Waals surface area contributed by atoms with E-state index in [0.29, 0.717) is 44.5 Å². The first-order chi connectivity index (χ1) is 18.9. The Balaban J connectivity index is 1.24. The maximum absolute atomic E-state index is 13.9. The summed E-state index contributed by atoms with van der Waals surface area (Å²) in [6, 6.07) is 22.0. The molecule has 9 heteroatoms. The number of piperidine rings is 1. The van der Waals surface area contributed by atoms with E-state index in [1.54, 1.807) is 12.1 Å². The van der Waals surface area contributed by atoms with E-state index in [9.17, 15) is 24.1 Å². The summed E-state index contributed by atoms with van der Waals surface area (Å²) in [6.07, 6.45) is 2.43. The predicted octanol–water partition coefficient (Wildman–Crippen LogP) is 5.04. The minimum Gasteiger partial charge on any atom is -0.339 e. The number of nitro groups is 1. The van der Waals surface area contributed by atoms with Crippen LogP contribution in [-0.4, -0.2) is 58.3 Å². The van der Waals surface area contributed by atoms with Crippen LogP contribution in [0.15, 0.2) is 78.9 Å². The van der Waals surface area contributed by atoms with E-state index in [4.69, 9.17) is 0 Å². The van der Waals surface area contributed by atoms with Crippen molar-refractivity contribution in [3.8, 4) is 0 Å². The van der Waals surface area contributed by atoms with Crippen molar-refractivity contribution < 1.29 is 18.9 Å². The van der Waals surface area contributed by atoms with Crippen LogP contribution in [0.3, 0.4) is 0 Å². The van der Waals surface area contributed by atoms with Gasteiger partial charge >= 0.3 is 0 Å². The van der Waals surface area contributed by atoms with Crippen molar-refractivity contribution in [3.05, 3.63) is 106 Å². The number of halogens is 1. The second-order valence-corrected chi connectivity index (χ2v) is 10.2. The van der Waals surface area contributed by atoms with Crippen LogP contribution in [0.1, 0.15) is 41.6 Å². The molecule has 1 amide bonds. The molecule has 0 N–H and O–H groups in total. The van der Waals surface area contributed by atoms with Crippen molar-refractivity contribution in [2.45, 2.75) is 37.8 Å². The largest absolute Gasteiger partial charge is 0.339 e. The van der Waals surface area contributed by atoms with Gasteiger partial charge in [0, 0.05) is 49.4 Å². The van der Waals surface area contributed by atoms with E-state index in [2.05, 4.69) is 9.80 Å². The van der Waals surface area contributed by atoms with Gasteiger partial charge in [-0.05, 0) is 67.8 Å². The summed E-state index contributed by atoms with van der Waals surface area (Å²) in [7, 11) is 0. The number of nitrogens with zero attached hydrogens (tertiary/aromatic N) is 4. The lowest BCUT2D eigenvalue weighted by Gasteiger charge is -2.43. The maximum atomic E-state index is 13.9. The molecule has 2 aliphatic heterocycles. The molecule has 5 rings (SSSR count). The molecule has 0 bridgehead atoms. The summed E-state index contributed by atoms with van der Waals surface area (Å²) in [5, 5.41) is 11.0. The highest BCUT2D eigenvalue weighted by atomic mass is 18.2. The van der Waals surface area contributed by atoms with Gasteiger partial charge in [-0.3, -0.25) is 19.7 Å². The number of carbonyl (C=O) groups excluding carboxylic acids is 2. The molecule has 202 valence electrons. The Morgan fingerprint density at radius 2 is 1.62 bits per heavy atom. The topological polar surface area (TPSA) is 87.0 Å². The number of para-hydroxylation sites is 1. The van der Waals surface area contributed by atoms with Gasteiger partial charge in [0.15, 0.2) is 5.78 Å². The average molecular weight is 530 g/mol. The third-order valence-corrected chi connectivity index (χ3v) is 7.83. The maximum Gasteiger partial charge on any atom is 0.269 e. The molecule has 0 radical (unpaired) electrons. The fourth-order valence-corrected chi connectivity index (χ4v) is 5.66. The first-order valence-corrected chi connectivity index (χ1v) is 13.2.